The Hall–Kier alpha value is -2.96. The topological polar surface area (TPSA) is 100.0 Å². The maximum atomic E-state index is 5.60. The van der Waals surface area contributed by atoms with Gasteiger partial charge in [-0.25, -0.2) is 9.97 Å². The third-order valence-electron chi connectivity index (χ3n) is 2.32. The number of hydrogen-bond acceptors (Lipinski definition) is 7. The lowest BCUT2D eigenvalue weighted by atomic mass is 10.3. The summed E-state index contributed by atoms with van der Waals surface area (Å²) in [5, 5.41) is 7.36. The Balaban J connectivity index is 1.85. The number of aromatic nitrogens is 4. The Morgan fingerprint density at radius 1 is 1.11 bits per heavy atom. The van der Waals surface area contributed by atoms with Crippen LogP contribution in [0, 0.1) is 0 Å². The number of nitrogens with zero attached hydrogens (tertiary/aromatic N) is 4. The summed E-state index contributed by atoms with van der Waals surface area (Å²) in [7, 11) is 0. The summed E-state index contributed by atoms with van der Waals surface area (Å²) in [6, 6.07) is 8.61. The van der Waals surface area contributed by atoms with Crippen LogP contribution in [0.25, 0.3) is 11.6 Å². The molecule has 0 bridgehead atoms. The highest BCUT2D eigenvalue weighted by Gasteiger charge is 2.08. The molecular weight excluding hydrogens is 246 g/mol. The molecular formula is C12H9N5O2. The monoisotopic (exact) mass is 255 g/mol. The van der Waals surface area contributed by atoms with Crippen LogP contribution in [0.4, 0.5) is 5.69 Å². The molecule has 0 unspecified atom stereocenters. The third kappa shape index (κ3) is 2.49. The predicted octanol–water partition coefficient (Wildman–Crippen LogP) is 1.90. The lowest BCUT2D eigenvalue weighted by Gasteiger charge is -2.04. The molecule has 0 aliphatic carbocycles. The van der Waals surface area contributed by atoms with Crippen LogP contribution < -0.4 is 10.5 Å². The van der Waals surface area contributed by atoms with Crippen molar-refractivity contribution < 1.29 is 9.15 Å². The molecule has 0 saturated carbocycles. The van der Waals surface area contributed by atoms with Crippen LogP contribution in [0.1, 0.15) is 0 Å². The van der Waals surface area contributed by atoms with Gasteiger partial charge in [0.05, 0.1) is 0 Å². The third-order valence-corrected chi connectivity index (χ3v) is 2.32. The van der Waals surface area contributed by atoms with Crippen molar-refractivity contribution in [2.45, 2.75) is 0 Å². The minimum absolute atomic E-state index is 0.310. The predicted molar refractivity (Wildman–Crippen MR) is 66.3 cm³/mol. The van der Waals surface area contributed by atoms with E-state index in [-0.39, 0.29) is 0 Å². The molecule has 2 N–H and O–H groups in total. The van der Waals surface area contributed by atoms with E-state index in [0.717, 1.165) is 0 Å². The zero-order valence-electron chi connectivity index (χ0n) is 9.72. The molecule has 0 radical (unpaired) electrons. The first-order valence-electron chi connectivity index (χ1n) is 5.43. The molecule has 0 atom stereocenters. The second kappa shape index (κ2) is 4.73. The van der Waals surface area contributed by atoms with Crippen LogP contribution >= 0.6 is 0 Å². The maximum Gasteiger partial charge on any atom is 0.266 e. The molecule has 3 aromatic rings. The molecule has 2 heterocycles. The number of benzene rings is 1. The minimum atomic E-state index is 0.310. The molecule has 7 heteroatoms. The van der Waals surface area contributed by atoms with E-state index in [9.17, 15) is 0 Å². The van der Waals surface area contributed by atoms with Gasteiger partial charge in [0.1, 0.15) is 17.8 Å². The summed E-state index contributed by atoms with van der Waals surface area (Å²) in [6.07, 6.45) is 2.60. The van der Waals surface area contributed by atoms with Crippen LogP contribution in [0.5, 0.6) is 11.6 Å². The largest absolute Gasteiger partial charge is 0.439 e. The normalized spacial score (nSPS) is 10.3. The second-order valence-electron chi connectivity index (χ2n) is 3.66. The van der Waals surface area contributed by atoms with Crippen molar-refractivity contribution in [3.05, 3.63) is 43.1 Å². The summed E-state index contributed by atoms with van der Waals surface area (Å²) in [5.74, 6) is 1.32. The van der Waals surface area contributed by atoms with Gasteiger partial charge in [0.25, 0.3) is 5.89 Å². The fraction of sp³-hybridized carbons (Fsp3) is 0. The molecule has 0 amide bonds. The van der Waals surface area contributed by atoms with Gasteiger partial charge >= 0.3 is 0 Å². The summed E-state index contributed by atoms with van der Waals surface area (Å²) in [6.45, 7) is 0. The van der Waals surface area contributed by atoms with E-state index in [4.69, 9.17) is 14.9 Å². The molecule has 0 spiro atoms. The van der Waals surface area contributed by atoms with E-state index in [1.807, 2.05) is 0 Å². The van der Waals surface area contributed by atoms with Crippen molar-refractivity contribution >= 4 is 5.69 Å². The molecule has 0 aliphatic heterocycles. The Labute approximate surface area is 108 Å². The Bertz CT molecular complexity index is 667. The van der Waals surface area contributed by atoms with Gasteiger partial charge in [-0.15, -0.1) is 10.2 Å². The van der Waals surface area contributed by atoms with Gasteiger partial charge in [-0.3, -0.25) is 0 Å². The minimum Gasteiger partial charge on any atom is -0.439 e. The van der Waals surface area contributed by atoms with Crippen LogP contribution in [0.3, 0.4) is 0 Å². The smallest absolute Gasteiger partial charge is 0.266 e. The molecule has 1 aromatic carbocycles. The summed E-state index contributed by atoms with van der Waals surface area (Å²) < 4.78 is 10.6. The van der Waals surface area contributed by atoms with E-state index < -0.39 is 0 Å². The van der Waals surface area contributed by atoms with Crippen molar-refractivity contribution in [1.29, 1.82) is 0 Å². The number of hydrogen-bond donors (Lipinski definition) is 1. The quantitative estimate of drug-likeness (QED) is 0.713. The van der Waals surface area contributed by atoms with Gasteiger partial charge in [0.15, 0.2) is 0 Å². The van der Waals surface area contributed by atoms with Gasteiger partial charge < -0.3 is 14.9 Å². The lowest BCUT2D eigenvalue weighted by Crippen LogP contribution is -1.92. The van der Waals surface area contributed by atoms with Gasteiger partial charge in [-0.05, 0) is 24.3 Å². The highest BCUT2D eigenvalue weighted by atomic mass is 16.5. The van der Waals surface area contributed by atoms with Gasteiger partial charge in [-0.2, -0.15) is 0 Å². The SMILES string of the molecule is Nc1ccc(Oc2cc(-c3nnco3)ncn2)cc1. The number of anilines is 1. The fourth-order valence-corrected chi connectivity index (χ4v) is 1.45. The van der Waals surface area contributed by atoms with E-state index in [1.165, 1.54) is 12.7 Å². The van der Waals surface area contributed by atoms with E-state index >= 15 is 0 Å². The van der Waals surface area contributed by atoms with Crippen molar-refractivity contribution in [3.8, 4) is 23.2 Å². The number of rotatable bonds is 3. The average Bonchev–Trinajstić information content (AvgIpc) is 2.96. The van der Waals surface area contributed by atoms with E-state index in [1.54, 1.807) is 30.3 Å². The molecule has 7 nitrogen and oxygen atoms in total. The standard InChI is InChI=1S/C12H9N5O2/c13-8-1-3-9(4-2-8)19-11-5-10(14-6-15-11)12-17-16-7-18-12/h1-7H,13H2. The first-order chi connectivity index (χ1) is 9.31. The summed E-state index contributed by atoms with van der Waals surface area (Å²) >= 11 is 0. The molecule has 3 rings (SSSR count). The van der Waals surface area contributed by atoms with Gasteiger partial charge in [0, 0.05) is 11.8 Å². The zero-order chi connectivity index (χ0) is 13.1. The Kier molecular flexibility index (Phi) is 2.77. The number of nitrogens with two attached hydrogens (primary N) is 1. The van der Waals surface area contributed by atoms with Crippen molar-refractivity contribution in [2.24, 2.45) is 0 Å². The number of ether oxygens (including phenoxy) is 1. The average molecular weight is 255 g/mol. The van der Waals surface area contributed by atoms with Crippen LogP contribution in [0.15, 0.2) is 47.5 Å². The summed E-state index contributed by atoms with van der Waals surface area (Å²) in [4.78, 5) is 8.04. The molecule has 94 valence electrons. The highest BCUT2D eigenvalue weighted by Crippen LogP contribution is 2.23. The van der Waals surface area contributed by atoms with E-state index in [2.05, 4.69) is 20.2 Å². The first-order valence-corrected chi connectivity index (χ1v) is 5.43. The lowest BCUT2D eigenvalue weighted by molar-refractivity contribution is 0.461. The molecule has 0 aliphatic rings. The van der Waals surface area contributed by atoms with Crippen molar-refractivity contribution in [2.75, 3.05) is 5.73 Å². The van der Waals surface area contributed by atoms with E-state index in [0.29, 0.717) is 28.9 Å². The molecule has 0 fully saturated rings. The highest BCUT2D eigenvalue weighted by molar-refractivity contribution is 5.48. The number of nitrogen functional groups attached to an aromatic ring is 1. The molecule has 2 aromatic heterocycles. The van der Waals surface area contributed by atoms with Crippen LogP contribution in [-0.2, 0) is 0 Å². The van der Waals surface area contributed by atoms with Crippen LogP contribution in [0.2, 0.25) is 0 Å². The second-order valence-corrected chi connectivity index (χ2v) is 3.66. The van der Waals surface area contributed by atoms with Gasteiger partial charge in [-0.1, -0.05) is 0 Å². The van der Waals surface area contributed by atoms with Gasteiger partial charge in [0.2, 0.25) is 12.3 Å². The molecule has 19 heavy (non-hydrogen) atoms. The Morgan fingerprint density at radius 3 is 2.68 bits per heavy atom. The fourth-order valence-electron chi connectivity index (χ4n) is 1.45. The molecule has 0 saturated heterocycles. The first kappa shape index (κ1) is 11.1. The zero-order valence-corrected chi connectivity index (χ0v) is 9.72. The van der Waals surface area contributed by atoms with Crippen molar-refractivity contribution in [1.82, 2.24) is 20.2 Å². The summed E-state index contributed by atoms with van der Waals surface area (Å²) in [5.41, 5.74) is 6.77. The van der Waals surface area contributed by atoms with Crippen LogP contribution in [-0.4, -0.2) is 20.2 Å². The van der Waals surface area contributed by atoms with Crippen molar-refractivity contribution in [3.63, 3.8) is 0 Å². The maximum absolute atomic E-state index is 5.60. The Morgan fingerprint density at radius 2 is 1.95 bits per heavy atom.